The summed E-state index contributed by atoms with van der Waals surface area (Å²) in [5, 5.41) is 3.29. The maximum Gasteiger partial charge on any atom is 0.264 e. The summed E-state index contributed by atoms with van der Waals surface area (Å²) in [6, 6.07) is 26.3. The Balaban J connectivity index is 1.82. The molecule has 0 aliphatic rings. The van der Waals surface area contributed by atoms with Crippen LogP contribution in [-0.4, -0.2) is 44.8 Å². The monoisotopic (exact) mass is 701 g/mol. The molecule has 2 amide bonds. The molecule has 0 saturated heterocycles. The molecule has 0 bridgehead atoms. The highest BCUT2D eigenvalue weighted by Gasteiger charge is 2.35. The number of nitrogens with one attached hydrogen (secondary N) is 1. The Morgan fingerprint density at radius 3 is 2.12 bits per heavy atom. The average molecular weight is 703 g/mol. The molecule has 0 unspecified atom stereocenters. The van der Waals surface area contributed by atoms with E-state index in [0.29, 0.717) is 20.1 Å². The van der Waals surface area contributed by atoms with Crippen LogP contribution in [0.2, 0.25) is 10.0 Å². The number of carbonyl (C=O) groups is 2. The minimum atomic E-state index is -4.20. The number of aryl methyl sites for hydroxylation is 1. The number of halogens is 3. The normalized spacial score (nSPS) is 11.9. The predicted octanol–water partition coefficient (Wildman–Crippen LogP) is 6.65. The molecule has 1 atom stereocenters. The summed E-state index contributed by atoms with van der Waals surface area (Å²) in [6.07, 6.45) is 0.177. The number of hydrogen-bond acceptors (Lipinski definition) is 4. The first-order valence-corrected chi connectivity index (χ1v) is 16.3. The van der Waals surface area contributed by atoms with Gasteiger partial charge in [-0.25, -0.2) is 8.42 Å². The third-order valence-corrected chi connectivity index (χ3v) is 9.88. The maximum atomic E-state index is 14.4. The Morgan fingerprint density at radius 2 is 1.51 bits per heavy atom. The fraction of sp³-hybridized carbons (Fsp3) is 0.188. The number of sulfonamides is 1. The van der Waals surface area contributed by atoms with E-state index in [4.69, 9.17) is 23.2 Å². The highest BCUT2D eigenvalue weighted by atomic mass is 79.9. The summed E-state index contributed by atoms with van der Waals surface area (Å²) in [6.45, 7) is 1.14. The number of likely N-dealkylation sites (N-methyl/N-ethyl adjacent to an activating group) is 1. The third-order valence-electron chi connectivity index (χ3n) is 6.89. The second-order valence-corrected chi connectivity index (χ2v) is 13.4. The number of amides is 2. The molecule has 43 heavy (non-hydrogen) atoms. The van der Waals surface area contributed by atoms with E-state index in [2.05, 4.69) is 21.2 Å². The summed E-state index contributed by atoms with van der Waals surface area (Å²) in [7, 11) is -2.72. The van der Waals surface area contributed by atoms with Crippen LogP contribution in [0.15, 0.2) is 106 Å². The van der Waals surface area contributed by atoms with Crippen molar-refractivity contribution in [2.24, 2.45) is 0 Å². The van der Waals surface area contributed by atoms with Gasteiger partial charge in [-0.1, -0.05) is 99.3 Å². The van der Waals surface area contributed by atoms with Crippen molar-refractivity contribution >= 4 is 66.7 Å². The lowest BCUT2D eigenvalue weighted by Crippen LogP contribution is -2.53. The maximum absolute atomic E-state index is 14.4. The van der Waals surface area contributed by atoms with Gasteiger partial charge in [-0.05, 0) is 55.0 Å². The van der Waals surface area contributed by atoms with Crippen molar-refractivity contribution in [1.82, 2.24) is 10.2 Å². The minimum Gasteiger partial charge on any atom is -0.357 e. The second kappa shape index (κ2) is 14.4. The number of hydrogen-bond donors (Lipinski definition) is 1. The van der Waals surface area contributed by atoms with Gasteiger partial charge in [0.25, 0.3) is 10.0 Å². The van der Waals surface area contributed by atoms with Gasteiger partial charge in [0.15, 0.2) is 0 Å². The zero-order valence-electron chi connectivity index (χ0n) is 23.5. The van der Waals surface area contributed by atoms with Gasteiger partial charge < -0.3 is 10.2 Å². The summed E-state index contributed by atoms with van der Waals surface area (Å²) in [5.74, 6) is -1.04. The number of rotatable bonds is 11. The van der Waals surface area contributed by atoms with E-state index in [1.54, 1.807) is 54.6 Å². The van der Waals surface area contributed by atoms with Crippen LogP contribution in [0.1, 0.15) is 16.7 Å². The number of benzene rings is 4. The van der Waals surface area contributed by atoms with E-state index in [0.717, 1.165) is 15.4 Å². The zero-order valence-corrected chi connectivity index (χ0v) is 27.4. The molecule has 0 radical (unpaired) electrons. The molecular formula is C32H30BrCl2N3O4S. The molecule has 11 heteroatoms. The van der Waals surface area contributed by atoms with Crippen LogP contribution in [0.5, 0.6) is 0 Å². The number of anilines is 1. The highest BCUT2D eigenvalue weighted by molar-refractivity contribution is 9.10. The largest absolute Gasteiger partial charge is 0.357 e. The fourth-order valence-electron chi connectivity index (χ4n) is 4.57. The van der Waals surface area contributed by atoms with Gasteiger partial charge in [-0.15, -0.1) is 0 Å². The molecule has 0 aromatic heterocycles. The Bertz CT molecular complexity index is 1680. The van der Waals surface area contributed by atoms with Crippen molar-refractivity contribution in [3.8, 4) is 0 Å². The first-order valence-electron chi connectivity index (χ1n) is 13.3. The van der Waals surface area contributed by atoms with Gasteiger partial charge in [0.1, 0.15) is 12.6 Å². The standard InChI is InChI=1S/C32H30BrCl2N3O4S/c1-22-14-16-26(17-15-22)43(41,42)38(25-11-6-10-24(33)19-25)21-31(39)37(20-27-28(34)12-7-13-29(27)35)30(32(40)36-2)18-23-8-4-3-5-9-23/h3-17,19,30H,18,20-21H2,1-2H3,(H,36,40)/t30-/m1/s1. The van der Waals surface area contributed by atoms with Crippen LogP contribution >= 0.6 is 39.1 Å². The second-order valence-electron chi connectivity index (χ2n) is 9.85. The van der Waals surface area contributed by atoms with E-state index in [1.807, 2.05) is 37.3 Å². The van der Waals surface area contributed by atoms with Crippen molar-refractivity contribution in [3.05, 3.63) is 128 Å². The number of carbonyl (C=O) groups excluding carboxylic acids is 2. The SMILES string of the molecule is CNC(=O)[C@@H](Cc1ccccc1)N(Cc1c(Cl)cccc1Cl)C(=O)CN(c1cccc(Br)c1)S(=O)(=O)c1ccc(C)cc1. The van der Waals surface area contributed by atoms with Crippen molar-refractivity contribution in [2.45, 2.75) is 30.8 Å². The van der Waals surface area contributed by atoms with Crippen molar-refractivity contribution in [3.63, 3.8) is 0 Å². The Kier molecular flexibility index (Phi) is 10.9. The molecule has 7 nitrogen and oxygen atoms in total. The summed E-state index contributed by atoms with van der Waals surface area (Å²) < 4.78 is 29.8. The minimum absolute atomic E-state index is 0.0266. The lowest BCUT2D eigenvalue weighted by atomic mass is 10.0. The van der Waals surface area contributed by atoms with Crippen LogP contribution in [-0.2, 0) is 32.6 Å². The molecule has 4 rings (SSSR count). The van der Waals surface area contributed by atoms with Crippen molar-refractivity contribution in [2.75, 3.05) is 17.9 Å². The van der Waals surface area contributed by atoms with Gasteiger partial charge in [-0.2, -0.15) is 0 Å². The summed E-state index contributed by atoms with van der Waals surface area (Å²) in [5.41, 5.74) is 2.42. The van der Waals surface area contributed by atoms with Crippen molar-refractivity contribution < 1.29 is 18.0 Å². The fourth-order valence-corrected chi connectivity index (χ4v) is 6.88. The van der Waals surface area contributed by atoms with E-state index in [-0.39, 0.29) is 23.5 Å². The molecular weight excluding hydrogens is 673 g/mol. The molecule has 0 saturated carbocycles. The Labute approximate surface area is 270 Å². The average Bonchev–Trinajstić information content (AvgIpc) is 2.99. The van der Waals surface area contributed by atoms with Crippen LogP contribution in [0.25, 0.3) is 0 Å². The van der Waals surface area contributed by atoms with Gasteiger partial charge in [-0.3, -0.25) is 13.9 Å². The summed E-state index contributed by atoms with van der Waals surface area (Å²) in [4.78, 5) is 29.1. The lowest BCUT2D eigenvalue weighted by Gasteiger charge is -2.34. The van der Waals surface area contributed by atoms with Gasteiger partial charge in [0.2, 0.25) is 11.8 Å². The molecule has 0 heterocycles. The molecule has 0 aliphatic carbocycles. The smallest absolute Gasteiger partial charge is 0.264 e. The van der Waals surface area contributed by atoms with Crippen LogP contribution in [0, 0.1) is 6.92 Å². The molecule has 224 valence electrons. The van der Waals surface area contributed by atoms with Gasteiger partial charge in [0, 0.05) is 40.1 Å². The first kappa shape index (κ1) is 32.5. The highest BCUT2D eigenvalue weighted by Crippen LogP contribution is 2.30. The van der Waals surface area contributed by atoms with E-state index in [1.165, 1.54) is 24.1 Å². The molecule has 0 fully saturated rings. The lowest BCUT2D eigenvalue weighted by molar-refractivity contribution is -0.139. The number of nitrogens with zero attached hydrogens (tertiary/aromatic N) is 2. The predicted molar refractivity (Wildman–Crippen MR) is 175 cm³/mol. The Morgan fingerprint density at radius 1 is 0.884 bits per heavy atom. The van der Waals surface area contributed by atoms with Gasteiger partial charge in [0.05, 0.1) is 10.6 Å². The summed E-state index contributed by atoms with van der Waals surface area (Å²) >= 11 is 16.4. The zero-order chi connectivity index (χ0) is 31.1. The topological polar surface area (TPSA) is 86.8 Å². The van der Waals surface area contributed by atoms with E-state index >= 15 is 0 Å². The van der Waals surface area contributed by atoms with E-state index < -0.39 is 34.4 Å². The quantitative estimate of drug-likeness (QED) is 0.190. The molecule has 4 aromatic carbocycles. The Hall–Kier alpha value is -3.37. The van der Waals surface area contributed by atoms with Gasteiger partial charge >= 0.3 is 0 Å². The first-order chi connectivity index (χ1) is 20.5. The van der Waals surface area contributed by atoms with E-state index in [9.17, 15) is 18.0 Å². The van der Waals surface area contributed by atoms with Crippen molar-refractivity contribution in [1.29, 1.82) is 0 Å². The van der Waals surface area contributed by atoms with Crippen LogP contribution in [0.4, 0.5) is 5.69 Å². The van der Waals surface area contributed by atoms with Crippen LogP contribution < -0.4 is 9.62 Å². The molecule has 0 spiro atoms. The third kappa shape index (κ3) is 7.97. The molecule has 4 aromatic rings. The van der Waals surface area contributed by atoms with Crippen LogP contribution in [0.3, 0.4) is 0 Å². The molecule has 0 aliphatic heterocycles. The molecule has 1 N–H and O–H groups in total.